The molecule has 0 saturated heterocycles. The van der Waals surface area contributed by atoms with Gasteiger partial charge in [-0.1, -0.05) is 11.6 Å². The Morgan fingerprint density at radius 2 is 1.88 bits per heavy atom. The van der Waals surface area contributed by atoms with E-state index in [9.17, 15) is 27.5 Å². The molecule has 0 fully saturated rings. The fourth-order valence-corrected chi connectivity index (χ4v) is 3.79. The first-order valence-electron chi connectivity index (χ1n) is 9.88. The summed E-state index contributed by atoms with van der Waals surface area (Å²) in [5.41, 5.74) is 0.998. The predicted octanol–water partition coefficient (Wildman–Crippen LogP) is 4.68. The maximum absolute atomic E-state index is 14.2. The van der Waals surface area contributed by atoms with Crippen molar-refractivity contribution in [3.8, 4) is 11.3 Å². The number of thiazole rings is 1. The van der Waals surface area contributed by atoms with Gasteiger partial charge in [0.25, 0.3) is 5.91 Å². The lowest BCUT2D eigenvalue weighted by Gasteiger charge is -2.32. The Morgan fingerprint density at radius 1 is 1.21 bits per heavy atom. The molecule has 3 aromatic rings. The molecular weight excluding hydrogens is 496 g/mol. The number of alkyl halides is 3. The van der Waals surface area contributed by atoms with Crippen LogP contribution in [0.15, 0.2) is 35.7 Å². The quantitative estimate of drug-likeness (QED) is 0.413. The van der Waals surface area contributed by atoms with Gasteiger partial charge in [-0.25, -0.2) is 14.4 Å². The molecule has 0 aliphatic heterocycles. The highest BCUT2D eigenvalue weighted by molar-refractivity contribution is 7.09. The fourth-order valence-electron chi connectivity index (χ4n) is 3.02. The van der Waals surface area contributed by atoms with Crippen molar-refractivity contribution in [1.29, 1.82) is 0 Å². The molecule has 0 bridgehead atoms. The molecule has 4 N–H and O–H groups in total. The largest absolute Gasteiger partial charge is 0.424 e. The zero-order valence-corrected chi connectivity index (χ0v) is 19.9. The predicted molar refractivity (Wildman–Crippen MR) is 121 cm³/mol. The lowest BCUT2D eigenvalue weighted by molar-refractivity contribution is -0.265. The van der Waals surface area contributed by atoms with E-state index in [1.165, 1.54) is 23.6 Å². The second-order valence-electron chi connectivity index (χ2n) is 8.27. The minimum absolute atomic E-state index is 0.0166. The standard InChI is InChI=1S/C22H21ClF4N4O2S/c1-11-30-17(9-34-11)19(32)29-10-21(33,22(25,26)27)18-8-13(20(2,3)28)7-16(31-18)12-4-5-15(24)14(23)6-12/h4-9,33H,10,28H2,1-3H3,(H,29,32). The molecule has 2 aromatic heterocycles. The number of aromatic nitrogens is 2. The normalized spacial score (nSPS) is 14.1. The van der Waals surface area contributed by atoms with Crippen molar-refractivity contribution >= 4 is 28.8 Å². The molecule has 1 aromatic carbocycles. The van der Waals surface area contributed by atoms with Crippen LogP contribution >= 0.6 is 22.9 Å². The number of carbonyl (C=O) groups is 1. The molecule has 0 radical (unpaired) electrons. The number of aryl methyl sites for hydroxylation is 1. The molecule has 12 heteroatoms. The smallest absolute Gasteiger partial charge is 0.374 e. The van der Waals surface area contributed by atoms with Gasteiger partial charge in [0.2, 0.25) is 5.60 Å². The van der Waals surface area contributed by atoms with E-state index in [1.807, 2.05) is 0 Å². The number of nitrogens with zero attached hydrogens (tertiary/aromatic N) is 2. The first-order valence-corrected chi connectivity index (χ1v) is 11.1. The van der Waals surface area contributed by atoms with Crippen LogP contribution in [0.4, 0.5) is 17.6 Å². The maximum Gasteiger partial charge on any atom is 0.424 e. The number of carbonyl (C=O) groups excluding carboxylic acids is 1. The van der Waals surface area contributed by atoms with Gasteiger partial charge in [0.1, 0.15) is 11.5 Å². The molecule has 2 heterocycles. The molecule has 1 unspecified atom stereocenters. The van der Waals surface area contributed by atoms with Gasteiger partial charge < -0.3 is 16.2 Å². The molecule has 0 spiro atoms. The Kier molecular flexibility index (Phi) is 7.05. The lowest BCUT2D eigenvalue weighted by atomic mass is 9.89. The van der Waals surface area contributed by atoms with Gasteiger partial charge >= 0.3 is 6.18 Å². The molecule has 3 rings (SSSR count). The molecule has 0 aliphatic rings. The van der Waals surface area contributed by atoms with Crippen LogP contribution in [0.3, 0.4) is 0 Å². The van der Waals surface area contributed by atoms with Crippen LogP contribution < -0.4 is 11.1 Å². The number of pyridine rings is 1. The highest BCUT2D eigenvalue weighted by Crippen LogP contribution is 2.40. The molecule has 6 nitrogen and oxygen atoms in total. The number of halogens is 5. The monoisotopic (exact) mass is 516 g/mol. The average Bonchev–Trinajstić information content (AvgIpc) is 3.18. The van der Waals surface area contributed by atoms with E-state index in [1.54, 1.807) is 20.8 Å². The topological polar surface area (TPSA) is 101 Å². The molecule has 0 saturated carbocycles. The van der Waals surface area contributed by atoms with Crippen LogP contribution in [0, 0.1) is 12.7 Å². The number of benzene rings is 1. The van der Waals surface area contributed by atoms with Crippen LogP contribution in [-0.4, -0.2) is 33.7 Å². The number of hydrogen-bond donors (Lipinski definition) is 3. The van der Waals surface area contributed by atoms with Gasteiger partial charge in [-0.2, -0.15) is 13.2 Å². The second kappa shape index (κ2) is 9.21. The van der Waals surface area contributed by atoms with Crippen molar-refractivity contribution in [2.45, 2.75) is 38.1 Å². The van der Waals surface area contributed by atoms with E-state index in [0.717, 1.165) is 23.5 Å². The number of rotatable bonds is 6. The third-order valence-electron chi connectivity index (χ3n) is 5.03. The van der Waals surface area contributed by atoms with E-state index in [0.29, 0.717) is 5.01 Å². The summed E-state index contributed by atoms with van der Waals surface area (Å²) < 4.78 is 56.1. The molecule has 0 aliphatic carbocycles. The van der Waals surface area contributed by atoms with E-state index in [-0.39, 0.29) is 27.5 Å². The minimum Gasteiger partial charge on any atom is -0.374 e. The first-order chi connectivity index (χ1) is 15.6. The number of nitrogens with one attached hydrogen (secondary N) is 1. The summed E-state index contributed by atoms with van der Waals surface area (Å²) in [4.78, 5) is 20.3. The Morgan fingerprint density at radius 3 is 2.41 bits per heavy atom. The third-order valence-corrected chi connectivity index (χ3v) is 6.10. The Hall–Kier alpha value is -2.60. The van der Waals surface area contributed by atoms with Gasteiger partial charge in [0.15, 0.2) is 0 Å². The highest BCUT2D eigenvalue weighted by Gasteiger charge is 2.56. The van der Waals surface area contributed by atoms with E-state index < -0.39 is 41.3 Å². The van der Waals surface area contributed by atoms with Gasteiger partial charge in [0.05, 0.1) is 28.0 Å². The first kappa shape index (κ1) is 26.0. The van der Waals surface area contributed by atoms with Crippen molar-refractivity contribution in [1.82, 2.24) is 15.3 Å². The van der Waals surface area contributed by atoms with Crippen LogP contribution in [-0.2, 0) is 11.1 Å². The van der Waals surface area contributed by atoms with Gasteiger partial charge in [-0.15, -0.1) is 11.3 Å². The van der Waals surface area contributed by atoms with Gasteiger partial charge in [-0.05, 0) is 56.7 Å². The zero-order chi connectivity index (χ0) is 25.5. The molecule has 182 valence electrons. The molecule has 1 atom stereocenters. The Labute approximate surface area is 201 Å². The molecule has 1 amide bonds. The summed E-state index contributed by atoms with van der Waals surface area (Å²) in [5, 5.41) is 14.6. The van der Waals surface area contributed by atoms with Crippen LogP contribution in [0.2, 0.25) is 5.02 Å². The van der Waals surface area contributed by atoms with Gasteiger partial charge in [-0.3, -0.25) is 4.79 Å². The minimum atomic E-state index is -5.22. The van der Waals surface area contributed by atoms with Gasteiger partial charge in [0, 0.05) is 16.5 Å². The maximum atomic E-state index is 14.2. The van der Waals surface area contributed by atoms with E-state index in [2.05, 4.69) is 15.3 Å². The summed E-state index contributed by atoms with van der Waals surface area (Å²) in [5.74, 6) is -1.60. The zero-order valence-electron chi connectivity index (χ0n) is 18.3. The summed E-state index contributed by atoms with van der Waals surface area (Å²) in [7, 11) is 0. The number of aliphatic hydroxyl groups is 1. The average molecular weight is 517 g/mol. The Balaban J connectivity index is 2.10. The summed E-state index contributed by atoms with van der Waals surface area (Å²) in [6.07, 6.45) is -5.22. The van der Waals surface area contributed by atoms with Crippen LogP contribution in [0.1, 0.15) is 40.6 Å². The summed E-state index contributed by atoms with van der Waals surface area (Å²) in [6.45, 7) is 3.54. The SMILES string of the molecule is Cc1nc(C(=O)NCC(O)(c2cc(C(C)(C)N)cc(-c3ccc(F)c(Cl)c3)n2)C(F)(F)F)cs1. The fraction of sp³-hybridized carbons (Fsp3) is 0.318. The third kappa shape index (κ3) is 5.38. The van der Waals surface area contributed by atoms with E-state index >= 15 is 0 Å². The molecule has 34 heavy (non-hydrogen) atoms. The highest BCUT2D eigenvalue weighted by atomic mass is 35.5. The summed E-state index contributed by atoms with van der Waals surface area (Å²) in [6, 6.07) is 6.00. The summed E-state index contributed by atoms with van der Waals surface area (Å²) >= 11 is 6.98. The van der Waals surface area contributed by atoms with Crippen LogP contribution in [0.25, 0.3) is 11.3 Å². The Bertz CT molecular complexity index is 1230. The number of nitrogens with two attached hydrogens (primary N) is 1. The lowest BCUT2D eigenvalue weighted by Crippen LogP contribution is -2.51. The van der Waals surface area contributed by atoms with Crippen molar-refractivity contribution in [2.75, 3.05) is 6.54 Å². The van der Waals surface area contributed by atoms with E-state index in [4.69, 9.17) is 17.3 Å². The van der Waals surface area contributed by atoms with Crippen molar-refractivity contribution in [3.63, 3.8) is 0 Å². The van der Waals surface area contributed by atoms with Crippen molar-refractivity contribution in [2.24, 2.45) is 5.73 Å². The number of hydrogen-bond acceptors (Lipinski definition) is 6. The van der Waals surface area contributed by atoms with Crippen LogP contribution in [0.5, 0.6) is 0 Å². The number of amides is 1. The van der Waals surface area contributed by atoms with Crippen molar-refractivity contribution in [3.05, 3.63) is 68.5 Å². The molecular formula is C22H21ClF4N4O2S. The second-order valence-corrected chi connectivity index (χ2v) is 9.74. The van der Waals surface area contributed by atoms with Crippen molar-refractivity contribution < 1.29 is 27.5 Å².